The Hall–Kier alpha value is -5.09. The first-order chi connectivity index (χ1) is 20.7. The van der Waals surface area contributed by atoms with Crippen molar-refractivity contribution in [2.24, 2.45) is 5.41 Å². The average Bonchev–Trinajstić information content (AvgIpc) is 3.43. The molecule has 7 nitrogen and oxygen atoms in total. The number of anilines is 1. The number of rotatable bonds is 5. The van der Waals surface area contributed by atoms with Crippen molar-refractivity contribution in [3.05, 3.63) is 107 Å². The van der Waals surface area contributed by atoms with Crippen LogP contribution < -0.4 is 9.64 Å². The number of alkyl halides is 3. The van der Waals surface area contributed by atoms with Crippen LogP contribution in [0.5, 0.6) is 5.75 Å². The van der Waals surface area contributed by atoms with Crippen LogP contribution in [0.1, 0.15) is 48.9 Å². The highest BCUT2D eigenvalue weighted by Crippen LogP contribution is 2.65. The normalized spacial score (nSPS) is 20.5. The molecule has 0 radical (unpaired) electrons. The molecular weight excluding hydrogens is 571 g/mol. The van der Waals surface area contributed by atoms with Gasteiger partial charge in [0, 0.05) is 17.2 Å². The fourth-order valence-corrected chi connectivity index (χ4v) is 6.18. The van der Waals surface area contributed by atoms with E-state index in [1.807, 2.05) is 12.1 Å². The van der Waals surface area contributed by atoms with Crippen molar-refractivity contribution in [2.75, 3.05) is 12.0 Å². The van der Waals surface area contributed by atoms with E-state index in [-0.39, 0.29) is 17.7 Å². The van der Waals surface area contributed by atoms with Crippen LogP contribution in [0.4, 0.5) is 18.9 Å². The Morgan fingerprint density at radius 2 is 1.57 bits per heavy atom. The minimum absolute atomic E-state index is 0.0516. The predicted octanol–water partition coefficient (Wildman–Crippen LogP) is 6.60. The topological polar surface area (TPSA) is 103 Å². The van der Waals surface area contributed by atoms with Gasteiger partial charge in [-0.15, -0.1) is 0 Å². The molecule has 44 heavy (non-hydrogen) atoms. The maximum absolute atomic E-state index is 14.9. The molecule has 10 heteroatoms. The third kappa shape index (κ3) is 4.67. The van der Waals surface area contributed by atoms with E-state index in [1.54, 1.807) is 69.3 Å². The molecule has 2 aliphatic rings. The van der Waals surface area contributed by atoms with Gasteiger partial charge >= 0.3 is 12.1 Å². The van der Waals surface area contributed by atoms with Crippen molar-refractivity contribution < 1.29 is 32.2 Å². The number of nitrogens with zero attached hydrogens (tertiary/aromatic N) is 3. The number of esters is 1. The Morgan fingerprint density at radius 1 is 0.955 bits per heavy atom. The maximum Gasteiger partial charge on any atom is 0.416 e. The maximum atomic E-state index is 14.9. The summed E-state index contributed by atoms with van der Waals surface area (Å²) in [6, 6.07) is 21.8. The van der Waals surface area contributed by atoms with E-state index in [4.69, 9.17) is 9.47 Å². The molecule has 3 aromatic carbocycles. The standard InChI is InChI=1S/C34H28F3N3O4/c1-31(2,3)44-29(41)25-17-32(19-38,20-39)33(28(25)22-11-13-23(14-12-22)34(35,36)37)26-7-5-6-8-27(26)40(30(33)42)18-21-9-15-24(43-4)16-10-21/h5-17,28H,18H2,1-4H3/t28-,33+/m1/s1. The minimum Gasteiger partial charge on any atom is -0.497 e. The summed E-state index contributed by atoms with van der Waals surface area (Å²) in [5.74, 6) is -2.24. The summed E-state index contributed by atoms with van der Waals surface area (Å²) in [5, 5.41) is 21.3. The molecule has 0 saturated carbocycles. The number of benzene rings is 3. The molecule has 1 aliphatic heterocycles. The van der Waals surface area contributed by atoms with E-state index in [1.165, 1.54) is 24.1 Å². The summed E-state index contributed by atoms with van der Waals surface area (Å²) >= 11 is 0. The molecule has 0 fully saturated rings. The largest absolute Gasteiger partial charge is 0.497 e. The molecular formula is C34H28F3N3O4. The SMILES string of the molecule is COc1ccc(CN2C(=O)[C@]3(c4ccccc42)[C@H](c2ccc(C(F)(F)F)cc2)C(C(=O)OC(C)(C)C)=CC3(C#N)C#N)cc1. The van der Waals surface area contributed by atoms with Crippen molar-refractivity contribution in [3.63, 3.8) is 0 Å². The van der Waals surface area contributed by atoms with Gasteiger partial charge in [0.1, 0.15) is 16.8 Å². The van der Waals surface area contributed by atoms with Gasteiger partial charge < -0.3 is 14.4 Å². The van der Waals surface area contributed by atoms with Gasteiger partial charge in [0.15, 0.2) is 5.41 Å². The number of ether oxygens (including phenoxy) is 2. The molecule has 0 aromatic heterocycles. The molecule has 2 atom stereocenters. The molecule has 224 valence electrons. The molecule has 0 unspecified atom stereocenters. The van der Waals surface area contributed by atoms with Crippen molar-refractivity contribution >= 4 is 17.6 Å². The Balaban J connectivity index is 1.77. The Bertz CT molecular complexity index is 1730. The second-order valence-electron chi connectivity index (χ2n) is 11.8. The first kappa shape index (κ1) is 30.4. The van der Waals surface area contributed by atoms with Crippen molar-refractivity contribution in [2.45, 2.75) is 50.4 Å². The third-order valence-electron chi connectivity index (χ3n) is 8.00. The zero-order valence-corrected chi connectivity index (χ0v) is 24.4. The first-order valence-electron chi connectivity index (χ1n) is 13.7. The van der Waals surface area contributed by atoms with Gasteiger partial charge in [-0.2, -0.15) is 23.7 Å². The van der Waals surface area contributed by atoms with Crippen LogP contribution in [0.3, 0.4) is 0 Å². The van der Waals surface area contributed by atoms with Crippen molar-refractivity contribution in [3.8, 4) is 17.9 Å². The van der Waals surface area contributed by atoms with Crippen LogP contribution in [0.15, 0.2) is 84.4 Å². The molecule has 1 aliphatic carbocycles. The lowest BCUT2D eigenvalue weighted by Crippen LogP contribution is -2.52. The molecule has 0 saturated heterocycles. The summed E-state index contributed by atoms with van der Waals surface area (Å²) in [5.41, 5.74) is -4.72. The highest BCUT2D eigenvalue weighted by atomic mass is 19.4. The summed E-state index contributed by atoms with van der Waals surface area (Å²) in [6.45, 7) is 4.96. The second kappa shape index (κ2) is 10.6. The van der Waals surface area contributed by atoms with E-state index in [2.05, 4.69) is 0 Å². The summed E-state index contributed by atoms with van der Waals surface area (Å²) < 4.78 is 51.5. The fraction of sp³-hybridized carbons (Fsp3) is 0.294. The lowest BCUT2D eigenvalue weighted by molar-refractivity contribution is -0.150. The Kier molecular flexibility index (Phi) is 7.29. The molecule has 3 aromatic rings. The van der Waals surface area contributed by atoms with Crippen LogP contribution in [0.2, 0.25) is 0 Å². The van der Waals surface area contributed by atoms with Gasteiger partial charge in [0.05, 0.1) is 31.4 Å². The number of carbonyl (C=O) groups excluding carboxylic acids is 2. The average molecular weight is 600 g/mol. The number of hydrogen-bond acceptors (Lipinski definition) is 6. The number of nitriles is 2. The lowest BCUT2D eigenvalue weighted by atomic mass is 9.57. The number of hydrogen-bond donors (Lipinski definition) is 0. The third-order valence-corrected chi connectivity index (χ3v) is 8.00. The first-order valence-corrected chi connectivity index (χ1v) is 13.7. The highest BCUT2D eigenvalue weighted by molar-refractivity contribution is 6.13. The number of amides is 1. The summed E-state index contributed by atoms with van der Waals surface area (Å²) in [4.78, 5) is 30.1. The van der Waals surface area contributed by atoms with Crippen molar-refractivity contribution in [1.29, 1.82) is 10.5 Å². The molecule has 0 bridgehead atoms. The van der Waals surface area contributed by atoms with Gasteiger partial charge in [-0.05, 0) is 73.9 Å². The number of fused-ring (bicyclic) bond motifs is 2. The molecule has 1 spiro atoms. The van der Waals surface area contributed by atoms with Gasteiger partial charge in [-0.3, -0.25) is 4.79 Å². The highest BCUT2D eigenvalue weighted by Gasteiger charge is 2.72. The van der Waals surface area contributed by atoms with Crippen molar-refractivity contribution in [1.82, 2.24) is 0 Å². The fourth-order valence-electron chi connectivity index (χ4n) is 6.18. The molecule has 5 rings (SSSR count). The van der Waals surface area contributed by atoms with E-state index in [0.29, 0.717) is 17.0 Å². The molecule has 1 amide bonds. The van der Waals surface area contributed by atoms with Gasteiger partial charge in [-0.1, -0.05) is 42.5 Å². The lowest BCUT2D eigenvalue weighted by Gasteiger charge is -2.38. The predicted molar refractivity (Wildman–Crippen MR) is 154 cm³/mol. The monoisotopic (exact) mass is 599 g/mol. The minimum atomic E-state index is -4.64. The summed E-state index contributed by atoms with van der Waals surface area (Å²) in [6.07, 6.45) is -3.47. The second-order valence-corrected chi connectivity index (χ2v) is 11.8. The van der Waals surface area contributed by atoms with Crippen LogP contribution in [-0.2, 0) is 32.5 Å². The van der Waals surface area contributed by atoms with Crippen LogP contribution >= 0.6 is 0 Å². The van der Waals surface area contributed by atoms with Crippen LogP contribution in [0.25, 0.3) is 0 Å². The number of methoxy groups -OCH3 is 1. The number of allylic oxidation sites excluding steroid dienone is 1. The Labute approximate surface area is 252 Å². The van der Waals surface area contributed by atoms with E-state index in [9.17, 15) is 33.3 Å². The number of halogens is 3. The van der Waals surface area contributed by atoms with Gasteiger partial charge in [-0.25, -0.2) is 4.79 Å². The Morgan fingerprint density at radius 3 is 2.11 bits per heavy atom. The van der Waals surface area contributed by atoms with E-state index >= 15 is 0 Å². The number of carbonyl (C=O) groups is 2. The van der Waals surface area contributed by atoms with Gasteiger partial charge in [0.2, 0.25) is 5.91 Å². The van der Waals surface area contributed by atoms with Crippen LogP contribution in [0, 0.1) is 28.1 Å². The molecule has 1 heterocycles. The van der Waals surface area contributed by atoms with E-state index < -0.39 is 46.0 Å². The number of para-hydroxylation sites is 1. The zero-order chi connectivity index (χ0) is 32.1. The molecule has 0 N–H and O–H groups in total. The van der Waals surface area contributed by atoms with Crippen LogP contribution in [-0.4, -0.2) is 24.6 Å². The smallest absolute Gasteiger partial charge is 0.416 e. The zero-order valence-electron chi connectivity index (χ0n) is 24.4. The van der Waals surface area contributed by atoms with E-state index in [0.717, 1.165) is 23.8 Å². The van der Waals surface area contributed by atoms with Gasteiger partial charge in [0.25, 0.3) is 0 Å². The summed E-state index contributed by atoms with van der Waals surface area (Å²) in [7, 11) is 1.53. The quantitative estimate of drug-likeness (QED) is 0.306.